The summed E-state index contributed by atoms with van der Waals surface area (Å²) in [5.41, 5.74) is 3.61. The average molecular weight is 475 g/mol. The highest BCUT2D eigenvalue weighted by Crippen LogP contribution is 2.45. The summed E-state index contributed by atoms with van der Waals surface area (Å²) < 4.78 is 0.960. The Bertz CT molecular complexity index is 1400. The van der Waals surface area contributed by atoms with Crippen LogP contribution in [0.4, 0.5) is 5.13 Å². The van der Waals surface area contributed by atoms with Crippen molar-refractivity contribution in [2.45, 2.75) is 32.7 Å². The van der Waals surface area contributed by atoms with Crippen LogP contribution in [-0.2, 0) is 9.59 Å². The van der Waals surface area contributed by atoms with E-state index in [1.807, 2.05) is 48.7 Å². The molecule has 0 bridgehead atoms. The Morgan fingerprint density at radius 1 is 1.09 bits per heavy atom. The maximum Gasteiger partial charge on any atom is 0.301 e. The Kier molecular flexibility index (Phi) is 5.38. The van der Waals surface area contributed by atoms with Gasteiger partial charge in [0.1, 0.15) is 11.8 Å². The monoisotopic (exact) mass is 474 g/mol. The molecule has 0 spiro atoms. The normalized spacial score (nSPS) is 18.1. The van der Waals surface area contributed by atoms with Crippen molar-refractivity contribution >= 4 is 55.5 Å². The van der Waals surface area contributed by atoms with Gasteiger partial charge in [0.05, 0.1) is 15.8 Å². The highest BCUT2D eigenvalue weighted by molar-refractivity contribution is 7.22. The van der Waals surface area contributed by atoms with E-state index in [0.29, 0.717) is 16.6 Å². The van der Waals surface area contributed by atoms with Crippen LogP contribution in [0.1, 0.15) is 47.4 Å². The molecule has 7 heteroatoms. The van der Waals surface area contributed by atoms with Crippen molar-refractivity contribution in [2.75, 3.05) is 4.90 Å². The zero-order valence-corrected chi connectivity index (χ0v) is 20.0. The third-order valence-electron chi connectivity index (χ3n) is 5.86. The van der Waals surface area contributed by atoms with Gasteiger partial charge in [-0.05, 0) is 42.0 Å². The largest absolute Gasteiger partial charge is 0.507 e. The molecular weight excluding hydrogens is 452 g/mol. The molecule has 1 amide bonds. The molecule has 0 saturated carbocycles. The molecule has 0 aliphatic carbocycles. The second-order valence-corrected chi connectivity index (χ2v) is 10.4. The number of thiazole rings is 1. The number of aromatic nitrogens is 1. The number of benzene rings is 2. The molecular formula is C26H22N2O3S2. The van der Waals surface area contributed by atoms with Crippen LogP contribution in [0, 0.1) is 6.92 Å². The number of aryl methyl sites for hydroxylation is 1. The fourth-order valence-electron chi connectivity index (χ4n) is 4.00. The number of ketones is 1. The van der Waals surface area contributed by atoms with Crippen LogP contribution in [0.3, 0.4) is 0 Å². The zero-order valence-electron chi connectivity index (χ0n) is 18.4. The first-order valence-corrected chi connectivity index (χ1v) is 12.4. The summed E-state index contributed by atoms with van der Waals surface area (Å²) in [5, 5.41) is 13.5. The first-order valence-electron chi connectivity index (χ1n) is 10.7. The molecule has 2 aromatic carbocycles. The first-order chi connectivity index (χ1) is 15.8. The van der Waals surface area contributed by atoms with E-state index in [2.05, 4.69) is 19.9 Å². The predicted octanol–water partition coefficient (Wildman–Crippen LogP) is 6.42. The molecule has 1 unspecified atom stereocenters. The first kappa shape index (κ1) is 21.6. The van der Waals surface area contributed by atoms with Crippen LogP contribution >= 0.6 is 22.7 Å². The van der Waals surface area contributed by atoms with E-state index in [4.69, 9.17) is 4.98 Å². The molecule has 1 aliphatic heterocycles. The molecule has 5 nitrogen and oxygen atoms in total. The van der Waals surface area contributed by atoms with Crippen molar-refractivity contribution in [1.82, 2.24) is 4.98 Å². The number of rotatable bonds is 4. The minimum absolute atomic E-state index is 0.0911. The maximum atomic E-state index is 13.3. The lowest BCUT2D eigenvalue weighted by molar-refractivity contribution is -0.132. The molecule has 3 heterocycles. The third kappa shape index (κ3) is 3.67. The number of nitrogens with zero attached hydrogens (tertiary/aromatic N) is 2. The number of anilines is 1. The summed E-state index contributed by atoms with van der Waals surface area (Å²) >= 11 is 2.83. The highest BCUT2D eigenvalue weighted by Gasteiger charge is 2.48. The Balaban J connectivity index is 1.68. The SMILES string of the molecule is Cc1ccc(/C(O)=C2\C(=O)C(=O)N(c3nc4ccc(C(C)C)cc4s3)C2c2cccs2)cc1. The standard InChI is InChI=1S/C26H22N2O3S2/c1-14(2)17-10-11-18-20(13-17)33-26(27-18)28-22(19-5-4-12-32-19)21(24(30)25(28)31)23(29)16-8-6-15(3)7-9-16/h4-14,22,29H,1-3H3/b23-21+. The van der Waals surface area contributed by atoms with Crippen LogP contribution in [0.5, 0.6) is 0 Å². The number of aliphatic hydroxyl groups excluding tert-OH is 1. The number of amides is 1. The molecule has 5 rings (SSSR count). The molecule has 2 aromatic heterocycles. The highest BCUT2D eigenvalue weighted by atomic mass is 32.1. The van der Waals surface area contributed by atoms with Gasteiger partial charge in [-0.2, -0.15) is 0 Å². The van der Waals surface area contributed by atoms with Crippen LogP contribution in [0.25, 0.3) is 16.0 Å². The van der Waals surface area contributed by atoms with E-state index in [9.17, 15) is 14.7 Å². The summed E-state index contributed by atoms with van der Waals surface area (Å²) in [6.07, 6.45) is 0. The van der Waals surface area contributed by atoms with Gasteiger partial charge in [0.2, 0.25) is 0 Å². The lowest BCUT2D eigenvalue weighted by atomic mass is 9.99. The number of fused-ring (bicyclic) bond motifs is 1. The van der Waals surface area contributed by atoms with Crippen LogP contribution in [-0.4, -0.2) is 21.8 Å². The fraction of sp³-hybridized carbons (Fsp3) is 0.192. The number of carbonyl (C=O) groups is 2. The molecule has 0 radical (unpaired) electrons. The van der Waals surface area contributed by atoms with E-state index in [-0.39, 0.29) is 11.3 Å². The second-order valence-electron chi connectivity index (χ2n) is 8.43. The topological polar surface area (TPSA) is 70.5 Å². The van der Waals surface area contributed by atoms with Crippen molar-refractivity contribution in [1.29, 1.82) is 0 Å². The maximum absolute atomic E-state index is 13.3. The number of carbonyl (C=O) groups excluding carboxylic acids is 2. The Morgan fingerprint density at radius 2 is 1.85 bits per heavy atom. The lowest BCUT2D eigenvalue weighted by Gasteiger charge is -2.21. The summed E-state index contributed by atoms with van der Waals surface area (Å²) in [7, 11) is 0. The van der Waals surface area contributed by atoms with Crippen molar-refractivity contribution in [3.8, 4) is 0 Å². The molecule has 1 N–H and O–H groups in total. The lowest BCUT2D eigenvalue weighted by Crippen LogP contribution is -2.28. The van der Waals surface area contributed by atoms with Gasteiger partial charge in [-0.25, -0.2) is 4.98 Å². The number of thiophene rings is 1. The molecule has 1 saturated heterocycles. The third-order valence-corrected chi connectivity index (χ3v) is 7.80. The van der Waals surface area contributed by atoms with Gasteiger partial charge in [0.25, 0.3) is 5.78 Å². The van der Waals surface area contributed by atoms with Crippen molar-refractivity contribution in [3.63, 3.8) is 0 Å². The Labute approximate surface area is 199 Å². The summed E-state index contributed by atoms with van der Waals surface area (Å²) in [6.45, 7) is 6.21. The minimum atomic E-state index is -0.726. The van der Waals surface area contributed by atoms with Gasteiger partial charge in [-0.1, -0.05) is 67.1 Å². The molecule has 1 fully saturated rings. The van der Waals surface area contributed by atoms with Gasteiger partial charge in [0.15, 0.2) is 5.13 Å². The van der Waals surface area contributed by atoms with Gasteiger partial charge in [0, 0.05) is 10.4 Å². The second kappa shape index (κ2) is 8.24. The summed E-state index contributed by atoms with van der Waals surface area (Å²) in [5.74, 6) is -1.17. The van der Waals surface area contributed by atoms with Gasteiger partial charge in [-0.3, -0.25) is 14.5 Å². The quantitative estimate of drug-likeness (QED) is 0.211. The van der Waals surface area contributed by atoms with Gasteiger partial charge in [-0.15, -0.1) is 11.3 Å². The van der Waals surface area contributed by atoms with E-state index >= 15 is 0 Å². The minimum Gasteiger partial charge on any atom is -0.507 e. The smallest absolute Gasteiger partial charge is 0.301 e. The van der Waals surface area contributed by atoms with Crippen molar-refractivity contribution in [3.05, 3.63) is 87.1 Å². The van der Waals surface area contributed by atoms with Gasteiger partial charge >= 0.3 is 5.91 Å². The fourth-order valence-corrected chi connectivity index (χ4v) is 5.87. The van der Waals surface area contributed by atoms with E-state index in [0.717, 1.165) is 20.7 Å². The number of hydrogen-bond acceptors (Lipinski definition) is 6. The van der Waals surface area contributed by atoms with Crippen molar-refractivity contribution < 1.29 is 14.7 Å². The molecule has 33 heavy (non-hydrogen) atoms. The summed E-state index contributed by atoms with van der Waals surface area (Å²) in [6, 6.07) is 16.4. The van der Waals surface area contributed by atoms with Crippen LogP contribution < -0.4 is 4.90 Å². The molecule has 1 atom stereocenters. The van der Waals surface area contributed by atoms with E-state index in [1.54, 1.807) is 12.1 Å². The summed E-state index contributed by atoms with van der Waals surface area (Å²) in [4.78, 5) is 33.4. The van der Waals surface area contributed by atoms with Crippen LogP contribution in [0.15, 0.2) is 65.6 Å². The van der Waals surface area contributed by atoms with Gasteiger partial charge < -0.3 is 5.11 Å². The van der Waals surface area contributed by atoms with E-state index < -0.39 is 17.7 Å². The molecule has 4 aromatic rings. The number of Topliss-reactive ketones (excluding diaryl/α,β-unsaturated/α-hetero) is 1. The molecule has 1 aliphatic rings. The molecule has 166 valence electrons. The average Bonchev–Trinajstić information content (AvgIpc) is 3.52. The number of aliphatic hydroxyl groups is 1. The van der Waals surface area contributed by atoms with Crippen molar-refractivity contribution in [2.24, 2.45) is 0 Å². The Morgan fingerprint density at radius 3 is 2.52 bits per heavy atom. The number of hydrogen-bond donors (Lipinski definition) is 1. The van der Waals surface area contributed by atoms with Crippen LogP contribution in [0.2, 0.25) is 0 Å². The Hall–Kier alpha value is -3.29. The zero-order chi connectivity index (χ0) is 23.3. The van der Waals surface area contributed by atoms with E-state index in [1.165, 1.54) is 33.1 Å². The predicted molar refractivity (Wildman–Crippen MR) is 134 cm³/mol.